The molecule has 1 aromatic heterocycles. The average Bonchev–Trinajstić information content (AvgIpc) is 2.99. The number of aromatic nitrogens is 1. The van der Waals surface area contributed by atoms with Gasteiger partial charge in [-0.2, -0.15) is 0 Å². The third kappa shape index (κ3) is 1.95. The van der Waals surface area contributed by atoms with E-state index in [0.717, 1.165) is 27.9 Å². The van der Waals surface area contributed by atoms with Crippen molar-refractivity contribution in [2.75, 3.05) is 7.11 Å². The fourth-order valence-electron chi connectivity index (χ4n) is 3.22. The highest BCUT2D eigenvalue weighted by atomic mass is 16.5. The summed E-state index contributed by atoms with van der Waals surface area (Å²) >= 11 is 0. The van der Waals surface area contributed by atoms with Crippen molar-refractivity contribution in [3.63, 3.8) is 0 Å². The highest BCUT2D eigenvalue weighted by molar-refractivity contribution is 5.98. The number of benzene rings is 2. The molecule has 0 saturated heterocycles. The highest BCUT2D eigenvalue weighted by Gasteiger charge is 2.28. The van der Waals surface area contributed by atoms with E-state index in [1.54, 1.807) is 7.11 Å². The summed E-state index contributed by atoms with van der Waals surface area (Å²) in [7, 11) is 1.57. The van der Waals surface area contributed by atoms with Crippen LogP contribution in [0.3, 0.4) is 0 Å². The maximum atomic E-state index is 12.9. The van der Waals surface area contributed by atoms with Gasteiger partial charge in [0.1, 0.15) is 17.6 Å². The number of methoxy groups -OCH3 is 1. The van der Waals surface area contributed by atoms with Gasteiger partial charge in [-0.05, 0) is 24.6 Å². The first-order valence-electron chi connectivity index (χ1n) is 7.57. The van der Waals surface area contributed by atoms with Crippen molar-refractivity contribution in [2.24, 2.45) is 0 Å². The number of hydrogen-bond donors (Lipinski definition) is 1. The lowest BCUT2D eigenvalue weighted by Crippen LogP contribution is -2.13. The minimum absolute atomic E-state index is 0.0206. The summed E-state index contributed by atoms with van der Waals surface area (Å²) in [5, 5.41) is 1.24. The fraction of sp³-hybridized carbons (Fsp3) is 0.211. The Labute approximate surface area is 133 Å². The van der Waals surface area contributed by atoms with Crippen LogP contribution >= 0.6 is 0 Å². The lowest BCUT2D eigenvalue weighted by Gasteiger charge is -2.11. The predicted molar refractivity (Wildman–Crippen MR) is 91.6 cm³/mol. The number of rotatable bonds is 2. The lowest BCUT2D eigenvalue weighted by atomic mass is 10.0. The molecule has 1 atom stereocenters. The van der Waals surface area contributed by atoms with E-state index in [2.05, 4.69) is 11.6 Å². The Bertz CT molecular complexity index is 1020. The minimum Gasteiger partial charge on any atom is -0.496 e. The number of pyridine rings is 1. The Hall–Kier alpha value is -2.75. The monoisotopic (exact) mass is 307 g/mol. The lowest BCUT2D eigenvalue weighted by molar-refractivity contribution is 0.270. The Morgan fingerprint density at radius 3 is 2.91 bits per heavy atom. The van der Waals surface area contributed by atoms with Crippen molar-refractivity contribution >= 4 is 21.8 Å². The first-order valence-corrected chi connectivity index (χ1v) is 7.57. The van der Waals surface area contributed by atoms with Crippen molar-refractivity contribution in [3.05, 3.63) is 58.3 Å². The highest BCUT2D eigenvalue weighted by Crippen LogP contribution is 2.40. The molecule has 1 aliphatic heterocycles. The van der Waals surface area contributed by atoms with Crippen LogP contribution in [0.2, 0.25) is 0 Å². The van der Waals surface area contributed by atoms with Crippen molar-refractivity contribution in [1.82, 2.24) is 4.98 Å². The van der Waals surface area contributed by atoms with Crippen LogP contribution in [0, 0.1) is 0 Å². The molecule has 2 aromatic carbocycles. The molecule has 0 bridgehead atoms. The van der Waals surface area contributed by atoms with Gasteiger partial charge in [0.25, 0.3) is 0 Å². The van der Waals surface area contributed by atoms with E-state index >= 15 is 0 Å². The molecule has 1 N–H and O–H groups in total. The van der Waals surface area contributed by atoms with Gasteiger partial charge in [-0.1, -0.05) is 18.7 Å². The number of aromatic amines is 1. The molecule has 4 heteroatoms. The average molecular weight is 307 g/mol. The topological polar surface area (TPSA) is 51.3 Å². The Balaban J connectivity index is 2.12. The van der Waals surface area contributed by atoms with Crippen LogP contribution in [0.1, 0.15) is 12.5 Å². The largest absolute Gasteiger partial charge is 0.496 e. The first-order chi connectivity index (χ1) is 11.1. The summed E-state index contributed by atoms with van der Waals surface area (Å²) in [6.07, 6.45) is 0.648. The van der Waals surface area contributed by atoms with E-state index in [1.165, 1.54) is 0 Å². The van der Waals surface area contributed by atoms with Crippen LogP contribution in [-0.4, -0.2) is 18.2 Å². The van der Waals surface area contributed by atoms with Crippen LogP contribution < -0.4 is 14.9 Å². The van der Waals surface area contributed by atoms with Gasteiger partial charge in [-0.3, -0.25) is 4.79 Å². The number of fused-ring (bicyclic) bond motifs is 4. The van der Waals surface area contributed by atoms with Crippen molar-refractivity contribution in [3.8, 4) is 11.5 Å². The Kier molecular flexibility index (Phi) is 2.94. The van der Waals surface area contributed by atoms with Crippen LogP contribution in [-0.2, 0) is 6.42 Å². The van der Waals surface area contributed by atoms with E-state index in [-0.39, 0.29) is 11.5 Å². The molecule has 3 aromatic rings. The molecular weight excluding hydrogens is 290 g/mol. The minimum atomic E-state index is -0.0599. The second kappa shape index (κ2) is 4.88. The Morgan fingerprint density at radius 1 is 1.39 bits per heavy atom. The van der Waals surface area contributed by atoms with Gasteiger partial charge in [0.2, 0.25) is 5.43 Å². The fourth-order valence-corrected chi connectivity index (χ4v) is 3.22. The number of hydrogen-bond acceptors (Lipinski definition) is 3. The van der Waals surface area contributed by atoms with Crippen molar-refractivity contribution in [1.29, 1.82) is 0 Å². The van der Waals surface area contributed by atoms with Gasteiger partial charge in [0.15, 0.2) is 0 Å². The van der Waals surface area contributed by atoms with Gasteiger partial charge in [-0.15, -0.1) is 0 Å². The maximum absolute atomic E-state index is 12.9. The van der Waals surface area contributed by atoms with Crippen molar-refractivity contribution in [2.45, 2.75) is 19.4 Å². The van der Waals surface area contributed by atoms with E-state index < -0.39 is 0 Å². The van der Waals surface area contributed by atoms with Crippen LogP contribution in [0.15, 0.2) is 47.3 Å². The summed E-state index contributed by atoms with van der Waals surface area (Å²) in [4.78, 5) is 16.3. The molecule has 0 spiro atoms. The molecule has 2 heterocycles. The number of H-pyrrole nitrogens is 1. The second-order valence-corrected chi connectivity index (χ2v) is 5.96. The summed E-state index contributed by atoms with van der Waals surface area (Å²) < 4.78 is 11.4. The molecule has 0 aliphatic carbocycles. The Morgan fingerprint density at radius 2 is 2.17 bits per heavy atom. The maximum Gasteiger partial charge on any atom is 0.200 e. The summed E-state index contributed by atoms with van der Waals surface area (Å²) in [5.41, 5.74) is 3.58. The molecule has 23 heavy (non-hydrogen) atoms. The molecule has 0 radical (unpaired) electrons. The molecule has 0 unspecified atom stereocenters. The van der Waals surface area contributed by atoms with E-state index in [1.807, 2.05) is 37.3 Å². The standard InChI is InChI=1S/C19H17NO3/c1-10(2)14-8-12-15(23-14)9-16(22-3)17-18(12)20-13-7-5-4-6-11(13)19(17)21/h4-7,9,14H,1,8H2,2-3H3,(H,20,21)/t14-/m1/s1. The number of nitrogens with one attached hydrogen (secondary N) is 1. The molecule has 0 amide bonds. The third-order valence-corrected chi connectivity index (χ3v) is 4.44. The van der Waals surface area contributed by atoms with Crippen LogP contribution in [0.4, 0.5) is 0 Å². The van der Waals surface area contributed by atoms with E-state index in [9.17, 15) is 4.79 Å². The zero-order valence-electron chi connectivity index (χ0n) is 13.1. The summed E-state index contributed by atoms with van der Waals surface area (Å²) in [6.45, 7) is 5.93. The third-order valence-electron chi connectivity index (χ3n) is 4.44. The number of para-hydroxylation sites is 1. The van der Waals surface area contributed by atoms with Gasteiger partial charge in [-0.25, -0.2) is 0 Å². The number of ether oxygens (including phenoxy) is 2. The van der Waals surface area contributed by atoms with Crippen LogP contribution in [0.5, 0.6) is 11.5 Å². The summed E-state index contributed by atoms with van der Waals surface area (Å²) in [5.74, 6) is 1.29. The molecular formula is C19H17NO3. The van der Waals surface area contributed by atoms with E-state index in [4.69, 9.17) is 9.47 Å². The normalized spacial score (nSPS) is 16.3. The zero-order valence-corrected chi connectivity index (χ0v) is 13.1. The zero-order chi connectivity index (χ0) is 16.1. The quantitative estimate of drug-likeness (QED) is 0.581. The predicted octanol–water partition coefficient (Wildman–Crippen LogP) is 3.57. The van der Waals surface area contributed by atoms with Gasteiger partial charge in [0, 0.05) is 29.0 Å². The van der Waals surface area contributed by atoms with Crippen LogP contribution in [0.25, 0.3) is 21.8 Å². The molecule has 4 nitrogen and oxygen atoms in total. The second-order valence-electron chi connectivity index (χ2n) is 5.96. The summed E-state index contributed by atoms with van der Waals surface area (Å²) in [6, 6.07) is 9.33. The first kappa shape index (κ1) is 13.9. The molecule has 4 rings (SSSR count). The molecule has 0 fully saturated rings. The molecule has 1 aliphatic rings. The van der Waals surface area contributed by atoms with Gasteiger partial charge < -0.3 is 14.5 Å². The molecule has 0 saturated carbocycles. The smallest absolute Gasteiger partial charge is 0.200 e. The van der Waals surface area contributed by atoms with Gasteiger partial charge in [0.05, 0.1) is 18.0 Å². The van der Waals surface area contributed by atoms with E-state index in [0.29, 0.717) is 22.9 Å². The van der Waals surface area contributed by atoms with Gasteiger partial charge >= 0.3 is 0 Å². The van der Waals surface area contributed by atoms with Crippen molar-refractivity contribution < 1.29 is 9.47 Å². The SMILES string of the molecule is C=C(C)[C@H]1Cc2c(cc(OC)c3c(=O)c4ccccc4[nH]c23)O1. The molecule has 116 valence electrons.